The van der Waals surface area contributed by atoms with Crippen LogP contribution in [0.4, 0.5) is 30.6 Å². The van der Waals surface area contributed by atoms with Crippen molar-refractivity contribution in [3.8, 4) is 0 Å². The first-order chi connectivity index (χ1) is 18.1. The fourth-order valence-corrected chi connectivity index (χ4v) is 4.90. The second kappa shape index (κ2) is 12.3. The van der Waals surface area contributed by atoms with Gasteiger partial charge in [0.1, 0.15) is 11.4 Å². The number of carbonyl (C=O) groups excluding carboxylic acids is 1. The second-order valence-corrected chi connectivity index (χ2v) is 10.8. The van der Waals surface area contributed by atoms with Gasteiger partial charge in [-0.25, -0.2) is 4.98 Å². The number of nitrogens with one attached hydrogen (secondary N) is 3. The number of rotatable bonds is 11. The Morgan fingerprint density at radius 3 is 2.53 bits per heavy atom. The van der Waals surface area contributed by atoms with Crippen LogP contribution >= 0.6 is 0 Å². The number of amides is 1. The lowest BCUT2D eigenvalue weighted by molar-refractivity contribution is -0.137. The highest BCUT2D eigenvalue weighted by molar-refractivity contribution is 5.79. The number of piperidine rings is 1. The van der Waals surface area contributed by atoms with Crippen molar-refractivity contribution in [1.29, 1.82) is 0 Å². The van der Waals surface area contributed by atoms with Crippen molar-refractivity contribution >= 4 is 23.4 Å². The van der Waals surface area contributed by atoms with Crippen molar-refractivity contribution in [2.24, 2.45) is 11.8 Å². The molecule has 0 bridgehead atoms. The van der Waals surface area contributed by atoms with Gasteiger partial charge in [-0.05, 0) is 44.9 Å². The molecule has 2 aromatic rings. The molecule has 2 aliphatic rings. The van der Waals surface area contributed by atoms with E-state index in [0.29, 0.717) is 24.6 Å². The van der Waals surface area contributed by atoms with Crippen molar-refractivity contribution in [1.82, 2.24) is 30.0 Å². The minimum absolute atomic E-state index is 0.0257. The van der Waals surface area contributed by atoms with Crippen LogP contribution < -0.4 is 16.0 Å². The van der Waals surface area contributed by atoms with E-state index in [-0.39, 0.29) is 36.2 Å². The number of carbonyl (C=O) groups is 1. The third-order valence-corrected chi connectivity index (χ3v) is 7.23. The molecule has 2 fully saturated rings. The molecule has 3 heterocycles. The molecule has 0 unspecified atom stereocenters. The molecule has 2 aromatic heterocycles. The van der Waals surface area contributed by atoms with E-state index in [1.807, 2.05) is 17.8 Å². The summed E-state index contributed by atoms with van der Waals surface area (Å²) in [6.07, 6.45) is 3.45. The average molecular weight is 537 g/mol. The molecule has 1 aliphatic carbocycles. The molecule has 0 radical (unpaired) electrons. The van der Waals surface area contributed by atoms with Crippen molar-refractivity contribution in [2.75, 3.05) is 43.4 Å². The van der Waals surface area contributed by atoms with Crippen LogP contribution in [0.15, 0.2) is 12.4 Å². The summed E-state index contributed by atoms with van der Waals surface area (Å²) in [5, 5.41) is 13.3. The molecular formula is C26H39F3N8O. The predicted octanol–water partition coefficient (Wildman–Crippen LogP) is 4.76. The van der Waals surface area contributed by atoms with E-state index in [0.717, 1.165) is 63.6 Å². The van der Waals surface area contributed by atoms with E-state index in [2.05, 4.69) is 49.8 Å². The Balaban J connectivity index is 1.36. The lowest BCUT2D eigenvalue weighted by Crippen LogP contribution is -2.37. The number of hydrogen-bond donors (Lipinski definition) is 3. The van der Waals surface area contributed by atoms with Crippen molar-refractivity contribution in [3.05, 3.63) is 23.7 Å². The molecular weight excluding hydrogens is 497 g/mol. The maximum atomic E-state index is 13.6. The van der Waals surface area contributed by atoms with Gasteiger partial charge in [0.15, 0.2) is 0 Å². The Bertz CT molecular complexity index is 1070. The van der Waals surface area contributed by atoms with Crippen LogP contribution in [0.2, 0.25) is 0 Å². The normalized spacial score (nSPS) is 17.4. The third-order valence-electron chi connectivity index (χ3n) is 7.23. The van der Waals surface area contributed by atoms with Gasteiger partial charge in [-0.1, -0.05) is 20.3 Å². The summed E-state index contributed by atoms with van der Waals surface area (Å²) >= 11 is 0. The highest BCUT2D eigenvalue weighted by Crippen LogP contribution is 2.34. The SMILES string of the molecule is Cc1nn(C2CCN(CC(C)C)CC2)cc1Nc1ncc(C(F)(F)F)c(NCCCNC(=O)C2CCC2)n1. The molecule has 0 aromatic carbocycles. The first-order valence-electron chi connectivity index (χ1n) is 13.6. The summed E-state index contributed by atoms with van der Waals surface area (Å²) < 4.78 is 42.7. The number of hydrogen-bond acceptors (Lipinski definition) is 7. The van der Waals surface area contributed by atoms with Gasteiger partial charge in [0.25, 0.3) is 0 Å². The van der Waals surface area contributed by atoms with Crippen LogP contribution in [0.3, 0.4) is 0 Å². The van der Waals surface area contributed by atoms with Crippen molar-refractivity contribution < 1.29 is 18.0 Å². The first-order valence-corrected chi connectivity index (χ1v) is 13.6. The largest absolute Gasteiger partial charge is 0.421 e. The van der Waals surface area contributed by atoms with E-state index in [1.54, 1.807) is 0 Å². The summed E-state index contributed by atoms with van der Waals surface area (Å²) in [5.74, 6) is 0.518. The van der Waals surface area contributed by atoms with Gasteiger partial charge < -0.3 is 20.9 Å². The zero-order valence-corrected chi connectivity index (χ0v) is 22.4. The molecule has 38 heavy (non-hydrogen) atoms. The topological polar surface area (TPSA) is 100 Å². The van der Waals surface area contributed by atoms with Gasteiger partial charge in [0.05, 0.1) is 17.4 Å². The highest BCUT2D eigenvalue weighted by Gasteiger charge is 2.35. The monoisotopic (exact) mass is 536 g/mol. The van der Waals surface area contributed by atoms with Gasteiger partial charge in [0, 0.05) is 51.0 Å². The molecule has 1 saturated heterocycles. The van der Waals surface area contributed by atoms with Gasteiger partial charge in [-0.3, -0.25) is 9.48 Å². The standard InChI is InChI=1S/C26H39F3N8O/c1-17(2)15-36-12-8-20(9-13-36)37-16-22(18(3)35-37)33-25-32-14-21(26(27,28)29)23(34-25)30-10-5-11-31-24(38)19-6-4-7-19/h14,16-17,19-20H,4-13,15H2,1-3H3,(H,31,38)(H2,30,32,33,34). The van der Waals surface area contributed by atoms with Crippen LogP contribution in [-0.4, -0.2) is 63.3 Å². The van der Waals surface area contributed by atoms with E-state index >= 15 is 0 Å². The maximum absolute atomic E-state index is 13.6. The number of nitrogens with zero attached hydrogens (tertiary/aromatic N) is 5. The maximum Gasteiger partial charge on any atom is 0.421 e. The minimum Gasteiger partial charge on any atom is -0.369 e. The molecule has 1 saturated carbocycles. The van der Waals surface area contributed by atoms with E-state index in [9.17, 15) is 18.0 Å². The number of halogens is 3. The molecule has 9 nitrogen and oxygen atoms in total. The second-order valence-electron chi connectivity index (χ2n) is 10.8. The van der Waals surface area contributed by atoms with E-state index < -0.39 is 11.7 Å². The summed E-state index contributed by atoms with van der Waals surface area (Å²) in [5.41, 5.74) is 0.468. The molecule has 3 N–H and O–H groups in total. The van der Waals surface area contributed by atoms with Crippen LogP contribution in [0.5, 0.6) is 0 Å². The zero-order chi connectivity index (χ0) is 27.3. The molecule has 4 rings (SSSR count). The lowest BCUT2D eigenvalue weighted by Gasteiger charge is -2.33. The van der Waals surface area contributed by atoms with E-state index in [1.165, 1.54) is 0 Å². The number of aromatic nitrogens is 4. The van der Waals surface area contributed by atoms with Crippen LogP contribution in [0, 0.1) is 18.8 Å². The summed E-state index contributed by atoms with van der Waals surface area (Å²) in [7, 11) is 0. The van der Waals surface area contributed by atoms with Gasteiger partial charge in [-0.2, -0.15) is 23.3 Å². The van der Waals surface area contributed by atoms with Crippen LogP contribution in [0.1, 0.15) is 69.7 Å². The fourth-order valence-electron chi connectivity index (χ4n) is 4.90. The molecule has 12 heteroatoms. The van der Waals surface area contributed by atoms with Crippen molar-refractivity contribution in [3.63, 3.8) is 0 Å². The molecule has 1 aliphatic heterocycles. The molecule has 0 atom stereocenters. The van der Waals surface area contributed by atoms with E-state index in [4.69, 9.17) is 0 Å². The third kappa shape index (κ3) is 7.36. The molecule has 210 valence electrons. The quantitative estimate of drug-likeness (QED) is 0.356. The predicted molar refractivity (Wildman–Crippen MR) is 140 cm³/mol. The molecule has 1 amide bonds. The molecule has 0 spiro atoms. The number of alkyl halides is 3. The van der Waals surface area contributed by atoms with Crippen LogP contribution in [-0.2, 0) is 11.0 Å². The van der Waals surface area contributed by atoms with Crippen molar-refractivity contribution in [2.45, 2.75) is 71.5 Å². The Labute approximate surface area is 222 Å². The Hall–Kier alpha value is -2.89. The highest BCUT2D eigenvalue weighted by atomic mass is 19.4. The fraction of sp³-hybridized carbons (Fsp3) is 0.692. The lowest BCUT2D eigenvalue weighted by atomic mass is 9.85. The number of anilines is 3. The average Bonchev–Trinajstić information content (AvgIpc) is 3.17. The van der Waals surface area contributed by atoms with Gasteiger partial charge in [0.2, 0.25) is 11.9 Å². The first kappa shape index (κ1) is 28.1. The summed E-state index contributed by atoms with van der Waals surface area (Å²) in [6.45, 7) is 10.1. The van der Waals surface area contributed by atoms with Gasteiger partial charge >= 0.3 is 6.18 Å². The summed E-state index contributed by atoms with van der Waals surface area (Å²) in [4.78, 5) is 22.5. The minimum atomic E-state index is -4.59. The smallest absolute Gasteiger partial charge is 0.369 e. The Kier molecular flexibility index (Phi) is 9.11. The number of likely N-dealkylation sites (tertiary alicyclic amines) is 1. The Morgan fingerprint density at radius 2 is 1.89 bits per heavy atom. The van der Waals surface area contributed by atoms with Crippen LogP contribution in [0.25, 0.3) is 0 Å². The Morgan fingerprint density at radius 1 is 1.16 bits per heavy atom. The zero-order valence-electron chi connectivity index (χ0n) is 22.4. The number of aryl methyl sites for hydroxylation is 1. The van der Waals surface area contributed by atoms with Gasteiger partial charge in [-0.15, -0.1) is 0 Å². The summed E-state index contributed by atoms with van der Waals surface area (Å²) in [6, 6.07) is 0.281.